The number of hydrogen-bond acceptors (Lipinski definition) is 8. The third-order valence-corrected chi connectivity index (χ3v) is 6.27. The Bertz CT molecular complexity index is 1350. The standard InChI is InChI=1S/C26H28F3N3O7S/c1-36-19-8-9-20(22(14-19)37-2)24(35)31-25-32(12-3-10-30-11-13-38-15-23(33)34)21(16-40-25)17-4-6-18(7-5-17)39-26(27,28)29/h4-9,14,16,30H,3,10-13,15H2,1-2H3,(H,33,34)/b31-25-. The minimum atomic E-state index is -4.80. The average Bonchev–Trinajstić information content (AvgIpc) is 3.31. The molecule has 0 spiro atoms. The first kappa shape index (κ1) is 30.7. The molecule has 0 aliphatic rings. The van der Waals surface area contributed by atoms with E-state index in [1.54, 1.807) is 28.1 Å². The van der Waals surface area contributed by atoms with Gasteiger partial charge in [-0.2, -0.15) is 4.99 Å². The van der Waals surface area contributed by atoms with Gasteiger partial charge in [-0.3, -0.25) is 4.79 Å². The molecule has 0 saturated carbocycles. The Labute approximate surface area is 231 Å². The highest BCUT2D eigenvalue weighted by atomic mass is 32.1. The lowest BCUT2D eigenvalue weighted by atomic mass is 10.1. The van der Waals surface area contributed by atoms with Crippen molar-refractivity contribution < 1.29 is 46.8 Å². The number of benzene rings is 2. The third kappa shape index (κ3) is 9.10. The van der Waals surface area contributed by atoms with Gasteiger partial charge in [0.05, 0.1) is 32.1 Å². The van der Waals surface area contributed by atoms with E-state index in [-0.39, 0.29) is 24.5 Å². The largest absolute Gasteiger partial charge is 0.573 e. The highest BCUT2D eigenvalue weighted by molar-refractivity contribution is 7.07. The number of ether oxygens (including phenoxy) is 4. The number of amides is 1. The van der Waals surface area contributed by atoms with Crippen molar-refractivity contribution in [1.29, 1.82) is 0 Å². The van der Waals surface area contributed by atoms with Crippen LogP contribution in [-0.4, -0.2) is 68.4 Å². The summed E-state index contributed by atoms with van der Waals surface area (Å²) in [5, 5.41) is 13.5. The maximum Gasteiger partial charge on any atom is 0.573 e. The van der Waals surface area contributed by atoms with Gasteiger partial charge in [0.15, 0.2) is 4.80 Å². The van der Waals surface area contributed by atoms with Gasteiger partial charge in [0, 0.05) is 24.5 Å². The van der Waals surface area contributed by atoms with Crippen LogP contribution in [0.2, 0.25) is 0 Å². The second-order valence-electron chi connectivity index (χ2n) is 8.16. The Kier molecular flexibility index (Phi) is 11.1. The molecule has 1 amide bonds. The molecule has 3 aromatic rings. The normalized spacial score (nSPS) is 11.9. The molecule has 0 unspecified atom stereocenters. The molecule has 2 N–H and O–H groups in total. The summed E-state index contributed by atoms with van der Waals surface area (Å²) in [7, 11) is 2.93. The number of methoxy groups -OCH3 is 2. The Balaban J connectivity index is 1.84. The summed E-state index contributed by atoms with van der Waals surface area (Å²) in [5.74, 6) is -1.12. The van der Waals surface area contributed by atoms with E-state index in [9.17, 15) is 22.8 Å². The quantitative estimate of drug-likeness (QED) is 0.274. The first-order valence-corrected chi connectivity index (χ1v) is 12.8. The van der Waals surface area contributed by atoms with Crippen LogP contribution in [0, 0.1) is 0 Å². The molecule has 1 aromatic heterocycles. The van der Waals surface area contributed by atoms with Gasteiger partial charge in [0.1, 0.15) is 23.9 Å². The van der Waals surface area contributed by atoms with E-state index in [0.29, 0.717) is 53.6 Å². The van der Waals surface area contributed by atoms with Crippen LogP contribution < -0.4 is 24.3 Å². The topological polar surface area (TPSA) is 121 Å². The highest BCUT2D eigenvalue weighted by Crippen LogP contribution is 2.28. The number of alkyl halides is 3. The van der Waals surface area contributed by atoms with E-state index in [2.05, 4.69) is 15.0 Å². The van der Waals surface area contributed by atoms with Gasteiger partial charge in [-0.15, -0.1) is 24.5 Å². The number of carbonyl (C=O) groups is 2. The van der Waals surface area contributed by atoms with Crippen LogP contribution in [0.3, 0.4) is 0 Å². The van der Waals surface area contributed by atoms with Gasteiger partial charge in [0.25, 0.3) is 5.91 Å². The van der Waals surface area contributed by atoms with Gasteiger partial charge in [-0.25, -0.2) is 4.79 Å². The Hall–Kier alpha value is -3.88. The molecule has 0 saturated heterocycles. The van der Waals surface area contributed by atoms with Crippen LogP contribution >= 0.6 is 11.3 Å². The Morgan fingerprint density at radius 3 is 2.42 bits per heavy atom. The number of hydrogen-bond donors (Lipinski definition) is 2. The number of aromatic nitrogens is 1. The van der Waals surface area contributed by atoms with Crippen molar-refractivity contribution in [1.82, 2.24) is 9.88 Å². The fourth-order valence-corrected chi connectivity index (χ4v) is 4.54. The number of carboxylic acid groups (broad SMARTS) is 1. The first-order chi connectivity index (χ1) is 19.1. The number of nitrogens with one attached hydrogen (secondary N) is 1. The molecule has 0 fully saturated rings. The van der Waals surface area contributed by atoms with Crippen LogP contribution in [0.5, 0.6) is 17.2 Å². The predicted molar refractivity (Wildman–Crippen MR) is 140 cm³/mol. The highest BCUT2D eigenvalue weighted by Gasteiger charge is 2.31. The Morgan fingerprint density at radius 2 is 1.77 bits per heavy atom. The minimum Gasteiger partial charge on any atom is -0.497 e. The van der Waals surface area contributed by atoms with E-state index in [1.807, 2.05) is 0 Å². The molecule has 2 aromatic carbocycles. The SMILES string of the molecule is COc1ccc(C(=O)/N=c2\scc(-c3ccc(OC(F)(F)F)cc3)n2CCCNCCOCC(=O)O)c(OC)c1. The fraction of sp³-hybridized carbons (Fsp3) is 0.346. The van der Waals surface area contributed by atoms with Gasteiger partial charge in [-0.1, -0.05) is 0 Å². The molecular formula is C26H28F3N3O7S. The number of thiazole rings is 1. The van der Waals surface area contributed by atoms with Crippen molar-refractivity contribution >= 4 is 23.2 Å². The molecule has 0 radical (unpaired) electrons. The summed E-state index contributed by atoms with van der Waals surface area (Å²) in [6.45, 7) is 1.28. The van der Waals surface area contributed by atoms with Crippen molar-refractivity contribution in [2.45, 2.75) is 19.3 Å². The smallest absolute Gasteiger partial charge is 0.497 e. The lowest BCUT2D eigenvalue weighted by Gasteiger charge is -2.12. The summed E-state index contributed by atoms with van der Waals surface area (Å²) in [4.78, 5) is 28.3. The molecule has 0 bridgehead atoms. The first-order valence-electron chi connectivity index (χ1n) is 12.0. The Morgan fingerprint density at radius 1 is 1.05 bits per heavy atom. The molecule has 14 heteroatoms. The molecule has 1 heterocycles. The van der Waals surface area contributed by atoms with Crippen LogP contribution in [0.25, 0.3) is 11.3 Å². The number of aliphatic carboxylic acids is 1. The molecule has 10 nitrogen and oxygen atoms in total. The second-order valence-corrected chi connectivity index (χ2v) is 9.00. The third-order valence-electron chi connectivity index (χ3n) is 5.40. The number of nitrogens with zero attached hydrogens (tertiary/aromatic N) is 2. The monoisotopic (exact) mass is 583 g/mol. The van der Waals surface area contributed by atoms with Crippen molar-refractivity contribution in [3.63, 3.8) is 0 Å². The second kappa shape index (κ2) is 14.5. The van der Waals surface area contributed by atoms with E-state index >= 15 is 0 Å². The number of halogens is 3. The molecule has 40 heavy (non-hydrogen) atoms. The van der Waals surface area contributed by atoms with Crippen LogP contribution in [0.1, 0.15) is 16.8 Å². The van der Waals surface area contributed by atoms with Crippen molar-refractivity contribution in [2.75, 3.05) is 40.5 Å². The lowest BCUT2D eigenvalue weighted by molar-refractivity contribution is -0.274. The van der Waals surface area contributed by atoms with Crippen molar-refractivity contribution in [2.24, 2.45) is 4.99 Å². The number of carboxylic acids is 1. The van der Waals surface area contributed by atoms with Gasteiger partial charge >= 0.3 is 12.3 Å². The molecule has 0 atom stereocenters. The van der Waals surface area contributed by atoms with Crippen LogP contribution in [-0.2, 0) is 16.1 Å². The maximum absolute atomic E-state index is 13.1. The molecule has 0 aliphatic carbocycles. The zero-order valence-corrected chi connectivity index (χ0v) is 22.5. The van der Waals surface area contributed by atoms with Crippen LogP contribution in [0.4, 0.5) is 13.2 Å². The molecule has 0 aliphatic heterocycles. The van der Waals surface area contributed by atoms with Gasteiger partial charge in [0.2, 0.25) is 0 Å². The number of carbonyl (C=O) groups excluding carboxylic acids is 1. The van der Waals surface area contributed by atoms with E-state index in [1.165, 1.54) is 49.8 Å². The van der Waals surface area contributed by atoms with E-state index < -0.39 is 18.2 Å². The summed E-state index contributed by atoms with van der Waals surface area (Å²) < 4.78 is 59.0. The average molecular weight is 584 g/mol. The maximum atomic E-state index is 13.1. The van der Waals surface area contributed by atoms with E-state index in [4.69, 9.17) is 19.3 Å². The predicted octanol–water partition coefficient (Wildman–Crippen LogP) is 3.95. The molecular weight excluding hydrogens is 555 g/mol. The minimum absolute atomic E-state index is 0.230. The van der Waals surface area contributed by atoms with E-state index in [0.717, 1.165) is 0 Å². The number of rotatable bonds is 14. The summed E-state index contributed by atoms with van der Waals surface area (Å²) in [6.07, 6.45) is -4.20. The lowest BCUT2D eigenvalue weighted by Crippen LogP contribution is -2.25. The summed E-state index contributed by atoms with van der Waals surface area (Å²) >= 11 is 1.21. The van der Waals surface area contributed by atoms with Gasteiger partial charge < -0.3 is 33.9 Å². The summed E-state index contributed by atoms with van der Waals surface area (Å²) in [6, 6.07) is 10.2. The molecule has 3 rings (SSSR count). The molecule has 216 valence electrons. The van der Waals surface area contributed by atoms with Crippen LogP contribution in [0.15, 0.2) is 52.8 Å². The zero-order valence-electron chi connectivity index (χ0n) is 21.7. The zero-order chi connectivity index (χ0) is 29.1. The van der Waals surface area contributed by atoms with Crippen molar-refractivity contribution in [3.8, 4) is 28.5 Å². The summed E-state index contributed by atoms with van der Waals surface area (Å²) in [5.41, 5.74) is 1.50. The van der Waals surface area contributed by atoms with Crippen molar-refractivity contribution in [3.05, 3.63) is 58.2 Å². The van der Waals surface area contributed by atoms with Gasteiger partial charge in [-0.05, 0) is 54.9 Å². The fourth-order valence-electron chi connectivity index (χ4n) is 3.61.